The molecule has 102 valence electrons. The monoisotopic (exact) mass is 331 g/mol. The number of hydrogen-bond donors (Lipinski definition) is 0. The molecular formula is C16H14BrNO2. The van der Waals surface area contributed by atoms with Gasteiger partial charge in [-0.25, -0.2) is 0 Å². The molecule has 0 radical (unpaired) electrons. The Labute approximate surface area is 126 Å². The van der Waals surface area contributed by atoms with E-state index in [9.17, 15) is 4.79 Å². The lowest BCUT2D eigenvalue weighted by atomic mass is 10.0. The number of para-hydroxylation sites is 2. The summed E-state index contributed by atoms with van der Waals surface area (Å²) in [6, 6.07) is 15.3. The number of rotatable bonds is 1. The summed E-state index contributed by atoms with van der Waals surface area (Å²) in [6.07, 6.45) is 0. The van der Waals surface area contributed by atoms with Crippen LogP contribution in [0.5, 0.6) is 5.75 Å². The van der Waals surface area contributed by atoms with Crippen molar-refractivity contribution < 1.29 is 9.53 Å². The standard InChI is InChI=1S/C16H14BrNO2/c1-16(2)15(19)18(12-9-7-11(17)8-10-12)13-5-3-4-6-14(13)20-16/h3-10H,1-2H3. The minimum absolute atomic E-state index is 0.0708. The van der Waals surface area contributed by atoms with Gasteiger partial charge < -0.3 is 4.74 Å². The molecule has 20 heavy (non-hydrogen) atoms. The zero-order chi connectivity index (χ0) is 14.3. The van der Waals surface area contributed by atoms with Crippen LogP contribution in [0.4, 0.5) is 11.4 Å². The largest absolute Gasteiger partial charge is 0.476 e. The molecule has 1 aliphatic rings. The van der Waals surface area contributed by atoms with Crippen molar-refractivity contribution in [2.24, 2.45) is 0 Å². The van der Waals surface area contributed by atoms with Crippen molar-refractivity contribution in [3.05, 3.63) is 53.0 Å². The number of carbonyl (C=O) groups excluding carboxylic acids is 1. The molecule has 0 unspecified atom stereocenters. The van der Waals surface area contributed by atoms with Gasteiger partial charge in [-0.15, -0.1) is 0 Å². The minimum Gasteiger partial charge on any atom is -0.476 e. The van der Waals surface area contributed by atoms with Gasteiger partial charge in [-0.1, -0.05) is 28.1 Å². The Morgan fingerprint density at radius 3 is 2.40 bits per heavy atom. The van der Waals surface area contributed by atoms with Crippen LogP contribution in [0.1, 0.15) is 13.8 Å². The molecule has 2 aromatic rings. The van der Waals surface area contributed by atoms with Gasteiger partial charge in [0.2, 0.25) is 0 Å². The first-order valence-electron chi connectivity index (χ1n) is 6.37. The highest BCUT2D eigenvalue weighted by molar-refractivity contribution is 9.10. The fourth-order valence-electron chi connectivity index (χ4n) is 2.27. The first-order valence-corrected chi connectivity index (χ1v) is 7.16. The van der Waals surface area contributed by atoms with Crippen molar-refractivity contribution in [2.45, 2.75) is 19.4 Å². The Bertz CT molecular complexity index is 664. The van der Waals surface area contributed by atoms with E-state index in [0.717, 1.165) is 21.6 Å². The normalized spacial score (nSPS) is 16.6. The van der Waals surface area contributed by atoms with Gasteiger partial charge in [0.1, 0.15) is 5.75 Å². The summed E-state index contributed by atoms with van der Waals surface area (Å²) in [7, 11) is 0. The summed E-state index contributed by atoms with van der Waals surface area (Å²) in [4.78, 5) is 14.4. The number of nitrogens with zero attached hydrogens (tertiary/aromatic N) is 1. The van der Waals surface area contributed by atoms with Crippen LogP contribution in [0.3, 0.4) is 0 Å². The van der Waals surface area contributed by atoms with Gasteiger partial charge in [-0.05, 0) is 50.2 Å². The van der Waals surface area contributed by atoms with Gasteiger partial charge >= 0.3 is 0 Å². The summed E-state index contributed by atoms with van der Waals surface area (Å²) >= 11 is 3.41. The van der Waals surface area contributed by atoms with Crippen LogP contribution < -0.4 is 9.64 Å². The zero-order valence-corrected chi connectivity index (χ0v) is 12.8. The molecule has 2 aromatic carbocycles. The molecule has 0 fully saturated rings. The van der Waals surface area contributed by atoms with Crippen LogP contribution in [0.25, 0.3) is 0 Å². The highest BCUT2D eigenvalue weighted by Gasteiger charge is 2.41. The molecule has 0 atom stereocenters. The molecule has 4 heteroatoms. The fraction of sp³-hybridized carbons (Fsp3) is 0.188. The van der Waals surface area contributed by atoms with E-state index < -0.39 is 5.60 Å². The maximum Gasteiger partial charge on any atom is 0.275 e. The second kappa shape index (κ2) is 4.63. The van der Waals surface area contributed by atoms with E-state index in [-0.39, 0.29) is 5.91 Å². The smallest absolute Gasteiger partial charge is 0.275 e. The number of halogens is 1. The number of carbonyl (C=O) groups is 1. The van der Waals surface area contributed by atoms with Gasteiger partial charge in [0.25, 0.3) is 5.91 Å². The maximum atomic E-state index is 12.7. The van der Waals surface area contributed by atoms with Crippen LogP contribution in [0.2, 0.25) is 0 Å². The molecule has 1 amide bonds. The van der Waals surface area contributed by atoms with Gasteiger partial charge in [0.15, 0.2) is 5.60 Å². The molecule has 0 saturated heterocycles. The van der Waals surface area contributed by atoms with E-state index in [1.54, 1.807) is 18.7 Å². The van der Waals surface area contributed by atoms with E-state index >= 15 is 0 Å². The number of anilines is 2. The summed E-state index contributed by atoms with van der Waals surface area (Å²) in [6.45, 7) is 3.58. The van der Waals surface area contributed by atoms with Crippen molar-refractivity contribution in [3.8, 4) is 5.75 Å². The van der Waals surface area contributed by atoms with Crippen LogP contribution in [-0.4, -0.2) is 11.5 Å². The van der Waals surface area contributed by atoms with E-state index in [2.05, 4.69) is 15.9 Å². The summed E-state index contributed by atoms with van der Waals surface area (Å²) in [5.41, 5.74) is 0.739. The lowest BCUT2D eigenvalue weighted by Gasteiger charge is -2.38. The number of amides is 1. The fourth-order valence-corrected chi connectivity index (χ4v) is 2.54. The second-order valence-electron chi connectivity index (χ2n) is 5.20. The van der Waals surface area contributed by atoms with Crippen molar-refractivity contribution >= 4 is 33.2 Å². The molecule has 1 heterocycles. The number of benzene rings is 2. The minimum atomic E-state index is -0.874. The van der Waals surface area contributed by atoms with Crippen LogP contribution >= 0.6 is 15.9 Å². The predicted octanol–water partition coefficient (Wildman–Crippen LogP) is 4.28. The van der Waals surface area contributed by atoms with Crippen molar-refractivity contribution in [3.63, 3.8) is 0 Å². The van der Waals surface area contributed by atoms with E-state index in [1.807, 2.05) is 48.5 Å². The lowest BCUT2D eigenvalue weighted by Crippen LogP contribution is -2.50. The van der Waals surface area contributed by atoms with Gasteiger partial charge in [0.05, 0.1) is 5.69 Å². The van der Waals surface area contributed by atoms with Crippen molar-refractivity contribution in [2.75, 3.05) is 4.90 Å². The third-order valence-electron chi connectivity index (χ3n) is 3.27. The Morgan fingerprint density at radius 1 is 1.05 bits per heavy atom. The average molecular weight is 332 g/mol. The topological polar surface area (TPSA) is 29.5 Å². The third kappa shape index (κ3) is 2.10. The first kappa shape index (κ1) is 13.2. The zero-order valence-electron chi connectivity index (χ0n) is 11.3. The molecule has 3 nitrogen and oxygen atoms in total. The van der Waals surface area contributed by atoms with Crippen LogP contribution in [-0.2, 0) is 4.79 Å². The predicted molar refractivity (Wildman–Crippen MR) is 82.4 cm³/mol. The Balaban J connectivity index is 2.17. The highest BCUT2D eigenvalue weighted by Crippen LogP contribution is 2.41. The Hall–Kier alpha value is -1.81. The molecular weight excluding hydrogens is 318 g/mol. The van der Waals surface area contributed by atoms with E-state index in [1.165, 1.54) is 0 Å². The van der Waals surface area contributed by atoms with E-state index in [4.69, 9.17) is 4.74 Å². The summed E-state index contributed by atoms with van der Waals surface area (Å²) in [5, 5.41) is 0. The third-order valence-corrected chi connectivity index (χ3v) is 3.80. The Kier molecular flexibility index (Phi) is 3.05. The average Bonchev–Trinajstić information content (AvgIpc) is 2.41. The lowest BCUT2D eigenvalue weighted by molar-refractivity contribution is -0.131. The maximum absolute atomic E-state index is 12.7. The van der Waals surface area contributed by atoms with Crippen LogP contribution in [0, 0.1) is 0 Å². The summed E-state index contributed by atoms with van der Waals surface area (Å²) in [5.74, 6) is 0.651. The molecule has 0 saturated carbocycles. The van der Waals surface area contributed by atoms with Crippen molar-refractivity contribution in [1.29, 1.82) is 0 Å². The quantitative estimate of drug-likeness (QED) is 0.780. The molecule has 0 N–H and O–H groups in total. The van der Waals surface area contributed by atoms with Crippen molar-refractivity contribution in [1.82, 2.24) is 0 Å². The van der Waals surface area contributed by atoms with E-state index in [0.29, 0.717) is 0 Å². The number of fused-ring (bicyclic) bond motifs is 1. The van der Waals surface area contributed by atoms with Crippen LogP contribution in [0.15, 0.2) is 53.0 Å². The molecule has 0 spiro atoms. The SMILES string of the molecule is CC1(C)Oc2ccccc2N(c2ccc(Br)cc2)C1=O. The molecule has 0 aromatic heterocycles. The Morgan fingerprint density at radius 2 is 1.70 bits per heavy atom. The van der Waals surface area contributed by atoms with Gasteiger partial charge in [-0.3, -0.25) is 9.69 Å². The second-order valence-corrected chi connectivity index (χ2v) is 6.11. The highest BCUT2D eigenvalue weighted by atomic mass is 79.9. The van der Waals surface area contributed by atoms with Gasteiger partial charge in [-0.2, -0.15) is 0 Å². The van der Waals surface area contributed by atoms with Gasteiger partial charge in [0, 0.05) is 10.2 Å². The number of hydrogen-bond acceptors (Lipinski definition) is 2. The first-order chi connectivity index (χ1) is 9.49. The molecule has 0 bridgehead atoms. The summed E-state index contributed by atoms with van der Waals surface area (Å²) < 4.78 is 6.79. The number of ether oxygens (including phenoxy) is 1. The molecule has 3 rings (SSSR count). The molecule has 1 aliphatic heterocycles. The molecule has 0 aliphatic carbocycles.